The second kappa shape index (κ2) is 4.71. The average molecular weight is 272 g/mol. The highest BCUT2D eigenvalue weighted by Gasteiger charge is 2.28. The second-order valence-corrected chi connectivity index (χ2v) is 5.35. The monoisotopic (exact) mass is 271 g/mol. The van der Waals surface area contributed by atoms with E-state index in [4.69, 9.17) is 11.6 Å². The lowest BCUT2D eigenvalue weighted by molar-refractivity contribution is -0.116. The molecule has 1 atom stereocenters. The van der Waals surface area contributed by atoms with Gasteiger partial charge in [-0.05, 0) is 42.3 Å². The Morgan fingerprint density at radius 3 is 2.68 bits per heavy atom. The first-order chi connectivity index (χ1) is 9.13. The zero-order valence-electron chi connectivity index (χ0n) is 10.6. The number of hydrogen-bond acceptors (Lipinski definition) is 2. The summed E-state index contributed by atoms with van der Waals surface area (Å²) in [6.07, 6.45) is 8.38. The van der Waals surface area contributed by atoms with Gasteiger partial charge in [-0.15, -0.1) is 0 Å². The van der Waals surface area contributed by atoms with Crippen molar-refractivity contribution < 1.29 is 4.79 Å². The second-order valence-electron chi connectivity index (χ2n) is 4.92. The molecule has 2 nitrogen and oxygen atoms in total. The smallest absolute Gasteiger partial charge is 0.160 e. The quantitative estimate of drug-likeness (QED) is 0.769. The molecule has 1 aromatic rings. The zero-order chi connectivity index (χ0) is 13.4. The molecule has 1 aromatic carbocycles. The van der Waals surface area contributed by atoms with E-state index in [0.29, 0.717) is 11.4 Å². The lowest BCUT2D eigenvalue weighted by Crippen LogP contribution is -2.30. The van der Waals surface area contributed by atoms with Crippen LogP contribution in [0.25, 0.3) is 0 Å². The minimum Gasteiger partial charge on any atom is -0.340 e. The number of hydrogen-bond donors (Lipinski definition) is 0. The molecule has 0 N–H and O–H groups in total. The van der Waals surface area contributed by atoms with E-state index in [1.54, 1.807) is 6.08 Å². The zero-order valence-corrected chi connectivity index (χ0v) is 11.4. The standard InChI is InChI=1S/C16H14ClNO/c1-11-6-7-18-14(8-11)9-15(19)10-16(18)12-2-4-13(17)5-3-12/h2-9,16H,10H2,1H3. The summed E-state index contributed by atoms with van der Waals surface area (Å²) in [5.41, 5.74) is 3.24. The van der Waals surface area contributed by atoms with Gasteiger partial charge in [0.15, 0.2) is 5.78 Å². The molecule has 0 saturated carbocycles. The van der Waals surface area contributed by atoms with Gasteiger partial charge in [-0.2, -0.15) is 0 Å². The Morgan fingerprint density at radius 2 is 1.95 bits per heavy atom. The van der Waals surface area contributed by atoms with Crippen molar-refractivity contribution in [1.82, 2.24) is 4.90 Å². The van der Waals surface area contributed by atoms with E-state index in [1.165, 1.54) is 0 Å². The Morgan fingerprint density at radius 1 is 1.21 bits per heavy atom. The van der Waals surface area contributed by atoms with E-state index >= 15 is 0 Å². The van der Waals surface area contributed by atoms with Crippen LogP contribution in [0.1, 0.15) is 24.9 Å². The molecule has 96 valence electrons. The fraction of sp³-hybridized carbons (Fsp3) is 0.188. The highest BCUT2D eigenvalue weighted by atomic mass is 35.5. The number of carbonyl (C=O) groups excluding carboxylic acids is 1. The first kappa shape index (κ1) is 12.2. The van der Waals surface area contributed by atoms with Crippen molar-refractivity contribution >= 4 is 17.4 Å². The third-order valence-corrected chi connectivity index (χ3v) is 3.72. The maximum Gasteiger partial charge on any atom is 0.160 e. The number of ketones is 1. The van der Waals surface area contributed by atoms with Gasteiger partial charge >= 0.3 is 0 Å². The molecule has 0 amide bonds. The highest BCUT2D eigenvalue weighted by molar-refractivity contribution is 6.30. The van der Waals surface area contributed by atoms with Crippen molar-refractivity contribution in [1.29, 1.82) is 0 Å². The number of fused-ring (bicyclic) bond motifs is 1. The van der Waals surface area contributed by atoms with E-state index in [9.17, 15) is 4.79 Å². The summed E-state index contributed by atoms with van der Waals surface area (Å²) >= 11 is 5.92. The number of benzene rings is 1. The molecule has 0 fully saturated rings. The van der Waals surface area contributed by atoms with E-state index in [0.717, 1.165) is 16.8 Å². The van der Waals surface area contributed by atoms with Gasteiger partial charge in [0.2, 0.25) is 0 Å². The van der Waals surface area contributed by atoms with Crippen LogP contribution in [-0.4, -0.2) is 10.7 Å². The summed E-state index contributed by atoms with van der Waals surface area (Å²) in [6, 6.07) is 7.78. The van der Waals surface area contributed by atoms with Crippen LogP contribution in [0.15, 0.2) is 60.0 Å². The Kier molecular flexibility index (Phi) is 3.03. The fourth-order valence-corrected chi connectivity index (χ4v) is 2.64. The molecular weight excluding hydrogens is 258 g/mol. The van der Waals surface area contributed by atoms with Crippen LogP contribution in [0.4, 0.5) is 0 Å². The summed E-state index contributed by atoms with van der Waals surface area (Å²) in [5, 5.41) is 0.714. The molecule has 0 spiro atoms. The first-order valence-corrected chi connectivity index (χ1v) is 6.66. The molecule has 3 heteroatoms. The highest BCUT2D eigenvalue weighted by Crippen LogP contribution is 2.35. The Bertz CT molecular complexity index is 610. The molecule has 0 saturated heterocycles. The molecule has 2 heterocycles. The van der Waals surface area contributed by atoms with Gasteiger partial charge in [0.1, 0.15) is 0 Å². The van der Waals surface area contributed by atoms with Gasteiger partial charge < -0.3 is 4.90 Å². The molecule has 0 aromatic heterocycles. The van der Waals surface area contributed by atoms with Crippen molar-refractivity contribution in [3.63, 3.8) is 0 Å². The van der Waals surface area contributed by atoms with E-state index in [-0.39, 0.29) is 11.8 Å². The minimum atomic E-state index is 0.0605. The predicted molar refractivity (Wildman–Crippen MR) is 76.6 cm³/mol. The van der Waals surface area contributed by atoms with E-state index < -0.39 is 0 Å². The van der Waals surface area contributed by atoms with Gasteiger partial charge in [-0.25, -0.2) is 0 Å². The van der Waals surface area contributed by atoms with Gasteiger partial charge in [-0.3, -0.25) is 4.79 Å². The third-order valence-electron chi connectivity index (χ3n) is 3.47. The number of halogens is 1. The van der Waals surface area contributed by atoms with Crippen LogP contribution < -0.4 is 0 Å². The first-order valence-electron chi connectivity index (χ1n) is 6.28. The van der Waals surface area contributed by atoms with Gasteiger partial charge in [0, 0.05) is 29.4 Å². The lowest BCUT2D eigenvalue weighted by Gasteiger charge is -2.36. The summed E-state index contributed by atoms with van der Waals surface area (Å²) in [5.74, 6) is 0.172. The summed E-state index contributed by atoms with van der Waals surface area (Å²) in [6.45, 7) is 2.03. The van der Waals surface area contributed by atoms with Gasteiger partial charge in [0.25, 0.3) is 0 Å². The molecule has 0 aliphatic carbocycles. The molecule has 0 bridgehead atoms. The maximum atomic E-state index is 11.9. The Hall–Kier alpha value is -1.80. The van der Waals surface area contributed by atoms with Crippen LogP contribution >= 0.6 is 11.6 Å². The minimum absolute atomic E-state index is 0.0605. The summed E-state index contributed by atoms with van der Waals surface area (Å²) in [4.78, 5) is 14.0. The van der Waals surface area contributed by atoms with Crippen LogP contribution in [0, 0.1) is 0 Å². The van der Waals surface area contributed by atoms with Crippen LogP contribution in [0.2, 0.25) is 5.02 Å². The Labute approximate surface area is 117 Å². The molecule has 2 aliphatic heterocycles. The molecule has 2 aliphatic rings. The van der Waals surface area contributed by atoms with Crippen molar-refractivity contribution in [3.8, 4) is 0 Å². The number of nitrogens with zero attached hydrogens (tertiary/aromatic N) is 1. The van der Waals surface area contributed by atoms with Crippen LogP contribution in [0.3, 0.4) is 0 Å². The molecule has 3 rings (SSSR count). The van der Waals surface area contributed by atoms with Crippen molar-refractivity contribution in [2.45, 2.75) is 19.4 Å². The topological polar surface area (TPSA) is 20.3 Å². The predicted octanol–water partition coefficient (Wildman–Crippen LogP) is 4.01. The van der Waals surface area contributed by atoms with Crippen molar-refractivity contribution in [3.05, 3.63) is 70.5 Å². The van der Waals surface area contributed by atoms with Crippen LogP contribution in [-0.2, 0) is 4.79 Å². The normalized spacial score (nSPS) is 21.9. The average Bonchev–Trinajstić information content (AvgIpc) is 2.38. The van der Waals surface area contributed by atoms with Crippen molar-refractivity contribution in [2.24, 2.45) is 0 Å². The number of carbonyl (C=O) groups is 1. The SMILES string of the molecule is CC1=CC2=CC(=O)CC(c3ccc(Cl)cc3)N2C=C1. The number of allylic oxidation sites excluding steroid dienone is 4. The van der Waals surface area contributed by atoms with Gasteiger partial charge in [0.05, 0.1) is 6.04 Å². The van der Waals surface area contributed by atoms with E-state index in [2.05, 4.69) is 11.0 Å². The molecular formula is C16H14ClNO. The summed E-state index contributed by atoms with van der Waals surface area (Å²) in [7, 11) is 0. The molecule has 19 heavy (non-hydrogen) atoms. The number of rotatable bonds is 1. The van der Waals surface area contributed by atoms with E-state index in [1.807, 2.05) is 43.5 Å². The maximum absolute atomic E-state index is 11.9. The molecule has 1 unspecified atom stereocenters. The fourth-order valence-electron chi connectivity index (χ4n) is 2.52. The van der Waals surface area contributed by atoms with Crippen molar-refractivity contribution in [2.75, 3.05) is 0 Å². The largest absolute Gasteiger partial charge is 0.340 e. The third kappa shape index (κ3) is 2.36. The van der Waals surface area contributed by atoms with Crippen LogP contribution in [0.5, 0.6) is 0 Å². The summed E-state index contributed by atoms with van der Waals surface area (Å²) < 4.78 is 0. The molecule has 0 radical (unpaired) electrons. The van der Waals surface area contributed by atoms with Gasteiger partial charge in [-0.1, -0.05) is 23.7 Å². The Balaban J connectivity index is 2.00. The lowest BCUT2D eigenvalue weighted by atomic mass is 9.93.